The normalized spacial score (nSPS) is 11.9. The number of hydrogen-bond donors (Lipinski definition) is 2. The molecule has 0 aliphatic rings. The fourth-order valence-electron chi connectivity index (χ4n) is 1.50. The van der Waals surface area contributed by atoms with Crippen molar-refractivity contribution in [2.75, 3.05) is 17.3 Å². The summed E-state index contributed by atoms with van der Waals surface area (Å²) >= 11 is 6.52. The number of anilines is 1. The van der Waals surface area contributed by atoms with E-state index in [2.05, 4.69) is 5.32 Å². The summed E-state index contributed by atoms with van der Waals surface area (Å²) in [6.07, 6.45) is 2.58. The van der Waals surface area contributed by atoms with Crippen LogP contribution < -0.4 is 11.1 Å². The first kappa shape index (κ1) is 15.0. The van der Waals surface area contributed by atoms with Crippen molar-refractivity contribution in [3.63, 3.8) is 0 Å². The summed E-state index contributed by atoms with van der Waals surface area (Å²) < 4.78 is 0. The Morgan fingerprint density at radius 3 is 2.56 bits per heavy atom. The summed E-state index contributed by atoms with van der Waals surface area (Å²) in [6.45, 7) is 1.92. The van der Waals surface area contributed by atoms with Crippen LogP contribution in [-0.4, -0.2) is 22.9 Å². The minimum Gasteiger partial charge on any atom is -0.393 e. The fraction of sp³-hybridized carbons (Fsp3) is 0.385. The molecule has 98 valence electrons. The molecule has 1 unspecified atom stereocenters. The third-order valence-electron chi connectivity index (χ3n) is 2.46. The molecule has 0 radical (unpaired) electrons. The third-order valence-corrected chi connectivity index (χ3v) is 3.44. The van der Waals surface area contributed by atoms with E-state index in [1.807, 2.05) is 37.4 Å². The molecule has 0 aliphatic carbocycles. The summed E-state index contributed by atoms with van der Waals surface area (Å²) in [4.78, 5) is 12.3. The van der Waals surface area contributed by atoms with Crippen LogP contribution in [0, 0.1) is 5.92 Å². The van der Waals surface area contributed by atoms with Gasteiger partial charge >= 0.3 is 0 Å². The van der Waals surface area contributed by atoms with E-state index in [1.54, 1.807) is 11.8 Å². The topological polar surface area (TPSA) is 55.1 Å². The third kappa shape index (κ3) is 5.06. The lowest BCUT2D eigenvalue weighted by atomic mass is 10.1. The Morgan fingerprint density at radius 2 is 2.06 bits per heavy atom. The van der Waals surface area contributed by atoms with E-state index in [-0.39, 0.29) is 11.8 Å². The maximum Gasteiger partial charge on any atom is 0.228 e. The van der Waals surface area contributed by atoms with Crippen LogP contribution in [0.3, 0.4) is 0 Å². The van der Waals surface area contributed by atoms with Crippen molar-refractivity contribution < 1.29 is 4.79 Å². The maximum atomic E-state index is 11.8. The zero-order chi connectivity index (χ0) is 13.5. The number of nitrogens with one attached hydrogen (secondary N) is 1. The molecule has 18 heavy (non-hydrogen) atoms. The molecular formula is C13H18N2OS2. The van der Waals surface area contributed by atoms with Gasteiger partial charge in [0.2, 0.25) is 5.91 Å². The van der Waals surface area contributed by atoms with Gasteiger partial charge in [0.05, 0.1) is 4.99 Å². The molecule has 1 rings (SSSR count). The van der Waals surface area contributed by atoms with Gasteiger partial charge in [0.1, 0.15) is 0 Å². The monoisotopic (exact) mass is 282 g/mol. The first-order valence-electron chi connectivity index (χ1n) is 5.70. The number of carbonyl (C=O) groups excluding carboxylic acids is 1. The molecule has 0 aromatic heterocycles. The van der Waals surface area contributed by atoms with Crippen LogP contribution in [-0.2, 0) is 11.2 Å². The second-order valence-electron chi connectivity index (χ2n) is 4.19. The number of rotatable bonds is 6. The van der Waals surface area contributed by atoms with E-state index in [0.29, 0.717) is 11.4 Å². The summed E-state index contributed by atoms with van der Waals surface area (Å²) in [5, 5.41) is 2.89. The second kappa shape index (κ2) is 7.38. The maximum absolute atomic E-state index is 11.8. The molecule has 1 aromatic carbocycles. The largest absolute Gasteiger partial charge is 0.393 e. The van der Waals surface area contributed by atoms with Gasteiger partial charge in [-0.3, -0.25) is 4.79 Å². The number of nitrogens with two attached hydrogens (primary N) is 1. The van der Waals surface area contributed by atoms with E-state index in [4.69, 9.17) is 18.0 Å². The number of thioether (sulfide) groups is 1. The van der Waals surface area contributed by atoms with Crippen LogP contribution in [0.1, 0.15) is 12.5 Å². The highest BCUT2D eigenvalue weighted by Crippen LogP contribution is 2.13. The molecule has 1 amide bonds. The first-order valence-corrected chi connectivity index (χ1v) is 7.50. The van der Waals surface area contributed by atoms with E-state index >= 15 is 0 Å². The Labute approximate surface area is 118 Å². The molecule has 0 saturated carbocycles. The van der Waals surface area contributed by atoms with Crippen LogP contribution in [0.25, 0.3) is 0 Å². The zero-order valence-corrected chi connectivity index (χ0v) is 12.2. The highest BCUT2D eigenvalue weighted by molar-refractivity contribution is 7.98. The number of amides is 1. The SMILES string of the molecule is CSCC(C)C(=O)Nc1ccc(CC(N)=S)cc1. The zero-order valence-electron chi connectivity index (χ0n) is 10.6. The Kier molecular flexibility index (Phi) is 6.15. The number of thiocarbonyl (C=S) groups is 1. The highest BCUT2D eigenvalue weighted by Gasteiger charge is 2.11. The first-order chi connectivity index (χ1) is 8.52. The van der Waals surface area contributed by atoms with Gasteiger partial charge in [0.15, 0.2) is 0 Å². The Hall–Kier alpha value is -1.07. The minimum atomic E-state index is 0.0105. The average Bonchev–Trinajstić information content (AvgIpc) is 2.31. The van der Waals surface area contributed by atoms with E-state index in [9.17, 15) is 4.79 Å². The molecule has 5 heteroatoms. The summed E-state index contributed by atoms with van der Waals surface area (Å²) in [5.74, 6) is 0.883. The van der Waals surface area contributed by atoms with Crippen LogP contribution in [0.4, 0.5) is 5.69 Å². The van der Waals surface area contributed by atoms with Crippen molar-refractivity contribution in [3.8, 4) is 0 Å². The molecule has 3 N–H and O–H groups in total. The molecule has 0 saturated heterocycles. The lowest BCUT2D eigenvalue weighted by Crippen LogP contribution is -2.22. The van der Waals surface area contributed by atoms with Crippen LogP contribution >= 0.6 is 24.0 Å². The van der Waals surface area contributed by atoms with Crippen LogP contribution in [0.5, 0.6) is 0 Å². The van der Waals surface area contributed by atoms with Crippen LogP contribution in [0.15, 0.2) is 24.3 Å². The summed E-state index contributed by atoms with van der Waals surface area (Å²) in [6, 6.07) is 7.59. The molecule has 3 nitrogen and oxygen atoms in total. The molecule has 0 aliphatic heterocycles. The predicted octanol–water partition coefficient (Wildman–Crippen LogP) is 2.45. The molecular weight excluding hydrogens is 264 g/mol. The Bertz CT molecular complexity index is 418. The van der Waals surface area contributed by atoms with E-state index in [0.717, 1.165) is 17.0 Å². The number of hydrogen-bond acceptors (Lipinski definition) is 3. The van der Waals surface area contributed by atoms with Crippen molar-refractivity contribution in [2.45, 2.75) is 13.3 Å². The Morgan fingerprint density at radius 1 is 1.44 bits per heavy atom. The van der Waals surface area contributed by atoms with Crippen LogP contribution in [0.2, 0.25) is 0 Å². The number of benzene rings is 1. The predicted molar refractivity (Wildman–Crippen MR) is 83.1 cm³/mol. The summed E-state index contributed by atoms with van der Waals surface area (Å²) in [7, 11) is 0. The van der Waals surface area contributed by atoms with Crippen molar-refractivity contribution in [1.82, 2.24) is 0 Å². The molecule has 0 bridgehead atoms. The molecule has 0 heterocycles. The van der Waals surface area contributed by atoms with Crippen molar-refractivity contribution in [1.29, 1.82) is 0 Å². The van der Waals surface area contributed by atoms with Gasteiger partial charge in [0, 0.05) is 23.8 Å². The van der Waals surface area contributed by atoms with Gasteiger partial charge in [-0.1, -0.05) is 31.3 Å². The van der Waals surface area contributed by atoms with Gasteiger partial charge < -0.3 is 11.1 Å². The van der Waals surface area contributed by atoms with E-state index < -0.39 is 0 Å². The molecule has 0 spiro atoms. The molecule has 0 fully saturated rings. The van der Waals surface area contributed by atoms with Gasteiger partial charge in [-0.05, 0) is 24.0 Å². The van der Waals surface area contributed by atoms with Gasteiger partial charge in [-0.15, -0.1) is 0 Å². The van der Waals surface area contributed by atoms with Gasteiger partial charge in [-0.25, -0.2) is 0 Å². The summed E-state index contributed by atoms with van der Waals surface area (Å²) in [5.41, 5.74) is 7.33. The quantitative estimate of drug-likeness (QED) is 0.787. The van der Waals surface area contributed by atoms with Crippen molar-refractivity contribution in [2.24, 2.45) is 11.7 Å². The fourth-order valence-corrected chi connectivity index (χ4v) is 2.32. The van der Waals surface area contributed by atoms with Crippen molar-refractivity contribution >= 4 is 40.6 Å². The lowest BCUT2D eigenvalue weighted by Gasteiger charge is -2.11. The van der Waals surface area contributed by atoms with E-state index in [1.165, 1.54) is 0 Å². The highest BCUT2D eigenvalue weighted by atomic mass is 32.2. The molecule has 1 atom stereocenters. The smallest absolute Gasteiger partial charge is 0.228 e. The Balaban J connectivity index is 2.58. The lowest BCUT2D eigenvalue weighted by molar-refractivity contribution is -0.118. The molecule has 1 aromatic rings. The number of carbonyl (C=O) groups is 1. The van der Waals surface area contributed by atoms with Gasteiger partial charge in [-0.2, -0.15) is 11.8 Å². The average molecular weight is 282 g/mol. The second-order valence-corrected chi connectivity index (χ2v) is 5.62. The van der Waals surface area contributed by atoms with Crippen molar-refractivity contribution in [3.05, 3.63) is 29.8 Å². The van der Waals surface area contributed by atoms with Gasteiger partial charge in [0.25, 0.3) is 0 Å². The minimum absolute atomic E-state index is 0.0105. The standard InChI is InChI=1S/C13H18N2OS2/c1-9(8-18-2)13(16)15-11-5-3-10(4-6-11)7-12(14)17/h3-6,9H,7-8H2,1-2H3,(H2,14,17)(H,15,16).